The first-order valence-corrected chi connectivity index (χ1v) is 8.63. The minimum absolute atomic E-state index is 0.0643. The van der Waals surface area contributed by atoms with E-state index >= 15 is 0 Å². The fourth-order valence-corrected chi connectivity index (χ4v) is 2.49. The third-order valence-electron chi connectivity index (χ3n) is 2.79. The van der Waals surface area contributed by atoms with Gasteiger partial charge in [0.25, 0.3) is 15.0 Å². The number of ether oxygens (including phenoxy) is 1. The summed E-state index contributed by atoms with van der Waals surface area (Å²) in [6.07, 6.45) is 3.02. The van der Waals surface area contributed by atoms with Gasteiger partial charge in [0.2, 0.25) is 0 Å². The quantitative estimate of drug-likeness (QED) is 0.582. The van der Waals surface area contributed by atoms with E-state index in [1.165, 1.54) is 12.3 Å². The second kappa shape index (κ2) is 7.66. The van der Waals surface area contributed by atoms with E-state index in [4.69, 9.17) is 15.4 Å². The summed E-state index contributed by atoms with van der Waals surface area (Å²) < 4.78 is 29.0. The van der Waals surface area contributed by atoms with Gasteiger partial charge in [0.15, 0.2) is 0 Å². The van der Waals surface area contributed by atoms with Crippen molar-refractivity contribution in [1.29, 1.82) is 0 Å². The highest BCUT2D eigenvalue weighted by molar-refractivity contribution is 8.13. The Morgan fingerprint density at radius 3 is 2.70 bits per heavy atom. The van der Waals surface area contributed by atoms with Crippen LogP contribution in [0.25, 0.3) is 0 Å². The number of carbonyl (C=O) groups excluding carboxylic acids is 1. The maximum Gasteiger partial charge on any atom is 0.267 e. The highest BCUT2D eigenvalue weighted by Crippen LogP contribution is 2.18. The Hall–Kier alpha value is -1.05. The lowest BCUT2D eigenvalue weighted by atomic mass is 10.3. The van der Waals surface area contributed by atoms with Crippen LogP contribution in [0.4, 0.5) is 0 Å². The Labute approximate surface area is 123 Å². The van der Waals surface area contributed by atoms with Crippen LogP contribution in [-0.2, 0) is 20.3 Å². The van der Waals surface area contributed by atoms with Gasteiger partial charge in [-0.15, -0.1) is 0 Å². The number of methoxy groups -OCH3 is 1. The summed E-state index contributed by atoms with van der Waals surface area (Å²) in [6, 6.07) is 1.29. The number of aromatic nitrogens is 1. The number of amides is 1. The van der Waals surface area contributed by atoms with Crippen molar-refractivity contribution in [2.45, 2.75) is 31.2 Å². The molecule has 1 aromatic heterocycles. The second-order valence-electron chi connectivity index (χ2n) is 4.24. The van der Waals surface area contributed by atoms with Crippen LogP contribution in [0.3, 0.4) is 0 Å². The van der Waals surface area contributed by atoms with Crippen molar-refractivity contribution in [2.75, 3.05) is 20.3 Å². The molecule has 0 atom stereocenters. The van der Waals surface area contributed by atoms with E-state index in [1.54, 1.807) is 11.7 Å². The number of hydrogen-bond acceptors (Lipinski definition) is 4. The highest BCUT2D eigenvalue weighted by atomic mass is 35.7. The van der Waals surface area contributed by atoms with Crippen LogP contribution in [0.5, 0.6) is 0 Å². The van der Waals surface area contributed by atoms with Crippen molar-refractivity contribution in [3.63, 3.8) is 0 Å². The van der Waals surface area contributed by atoms with Crippen molar-refractivity contribution >= 4 is 25.6 Å². The maximum atomic E-state index is 12.0. The van der Waals surface area contributed by atoms with Crippen LogP contribution in [0.2, 0.25) is 0 Å². The predicted molar refractivity (Wildman–Crippen MR) is 76.6 cm³/mol. The molecule has 0 aliphatic carbocycles. The molecule has 0 aliphatic heterocycles. The molecular weight excluding hydrogens is 304 g/mol. The van der Waals surface area contributed by atoms with E-state index in [0.717, 1.165) is 12.8 Å². The summed E-state index contributed by atoms with van der Waals surface area (Å²) in [6.45, 7) is 3.47. The van der Waals surface area contributed by atoms with Crippen molar-refractivity contribution in [1.82, 2.24) is 9.88 Å². The molecule has 6 nitrogen and oxygen atoms in total. The maximum absolute atomic E-state index is 12.0. The molecular formula is C12H19ClN2O4S. The molecule has 0 fully saturated rings. The molecule has 1 N–H and O–H groups in total. The van der Waals surface area contributed by atoms with E-state index in [1.807, 2.05) is 6.92 Å². The number of nitrogens with zero attached hydrogens (tertiary/aromatic N) is 1. The molecule has 0 bridgehead atoms. The fourth-order valence-electron chi connectivity index (χ4n) is 1.73. The topological polar surface area (TPSA) is 77.4 Å². The lowest BCUT2D eigenvalue weighted by Gasteiger charge is -2.07. The summed E-state index contributed by atoms with van der Waals surface area (Å²) >= 11 is 0. The smallest absolute Gasteiger partial charge is 0.267 e. The third kappa shape index (κ3) is 4.81. The third-order valence-corrected chi connectivity index (χ3v) is 4.11. The first-order valence-electron chi connectivity index (χ1n) is 6.32. The average Bonchev–Trinajstić information content (AvgIpc) is 2.82. The number of unbranched alkanes of at least 4 members (excludes halogenated alkanes) is 1. The molecule has 0 saturated heterocycles. The molecule has 1 rings (SSSR count). The number of hydrogen-bond donors (Lipinski definition) is 1. The van der Waals surface area contributed by atoms with Gasteiger partial charge in [-0.2, -0.15) is 0 Å². The Morgan fingerprint density at radius 1 is 1.45 bits per heavy atom. The van der Waals surface area contributed by atoms with Crippen molar-refractivity contribution in [3.8, 4) is 0 Å². The van der Waals surface area contributed by atoms with Gasteiger partial charge < -0.3 is 14.6 Å². The first kappa shape index (κ1) is 17.0. The monoisotopic (exact) mass is 322 g/mol. The van der Waals surface area contributed by atoms with E-state index in [2.05, 4.69) is 5.32 Å². The van der Waals surface area contributed by atoms with Gasteiger partial charge >= 0.3 is 0 Å². The molecule has 114 valence electrons. The number of halogens is 1. The zero-order chi connectivity index (χ0) is 15.2. The first-order chi connectivity index (χ1) is 9.40. The van der Waals surface area contributed by atoms with Gasteiger partial charge in [0.05, 0.1) is 0 Å². The molecule has 0 spiro atoms. The van der Waals surface area contributed by atoms with E-state index in [0.29, 0.717) is 25.4 Å². The zero-order valence-corrected chi connectivity index (χ0v) is 13.1. The van der Waals surface area contributed by atoms with Crippen molar-refractivity contribution in [3.05, 3.63) is 18.0 Å². The molecule has 20 heavy (non-hydrogen) atoms. The normalized spacial score (nSPS) is 11.6. The van der Waals surface area contributed by atoms with Crippen LogP contribution < -0.4 is 5.32 Å². The largest absolute Gasteiger partial charge is 0.385 e. The van der Waals surface area contributed by atoms with Crippen LogP contribution in [0, 0.1) is 0 Å². The molecule has 0 unspecified atom stereocenters. The summed E-state index contributed by atoms with van der Waals surface area (Å²) in [5.41, 5.74) is 0.290. The summed E-state index contributed by atoms with van der Waals surface area (Å²) in [5.74, 6) is -0.309. The fraction of sp³-hybridized carbons (Fsp3) is 0.583. The standard InChI is InChI=1S/C12H19ClN2O4S/c1-3-15-9-10(20(13,17)18)8-11(15)12(16)14-6-4-5-7-19-2/h8-9H,3-7H2,1-2H3,(H,14,16). The summed E-state index contributed by atoms with van der Waals surface area (Å²) in [5, 5.41) is 2.74. The van der Waals surface area contributed by atoms with E-state index < -0.39 is 9.05 Å². The van der Waals surface area contributed by atoms with Gasteiger partial charge in [-0.1, -0.05) is 0 Å². The Balaban J connectivity index is 2.70. The molecule has 0 saturated carbocycles. The van der Waals surface area contributed by atoms with Crippen LogP contribution in [0.15, 0.2) is 17.2 Å². The number of aryl methyl sites for hydroxylation is 1. The molecule has 0 radical (unpaired) electrons. The minimum atomic E-state index is -3.83. The highest BCUT2D eigenvalue weighted by Gasteiger charge is 2.19. The Bertz CT molecular complexity index is 554. The van der Waals surface area contributed by atoms with Gasteiger partial charge in [0.1, 0.15) is 10.6 Å². The van der Waals surface area contributed by atoms with Gasteiger partial charge in [-0.3, -0.25) is 4.79 Å². The lowest BCUT2D eigenvalue weighted by molar-refractivity contribution is 0.0942. The molecule has 0 aromatic carbocycles. The van der Waals surface area contributed by atoms with Gasteiger partial charge in [0, 0.05) is 43.7 Å². The van der Waals surface area contributed by atoms with Crippen LogP contribution >= 0.6 is 10.7 Å². The van der Waals surface area contributed by atoms with Crippen LogP contribution in [0.1, 0.15) is 30.3 Å². The molecule has 1 aromatic rings. The predicted octanol–water partition coefficient (Wildman–Crippen LogP) is 1.59. The minimum Gasteiger partial charge on any atom is -0.385 e. The van der Waals surface area contributed by atoms with Crippen molar-refractivity contribution < 1.29 is 17.9 Å². The van der Waals surface area contributed by atoms with E-state index in [-0.39, 0.29) is 10.8 Å². The molecule has 8 heteroatoms. The number of nitrogens with one attached hydrogen (secondary N) is 1. The lowest BCUT2D eigenvalue weighted by Crippen LogP contribution is -2.26. The zero-order valence-electron chi connectivity index (χ0n) is 11.6. The number of rotatable bonds is 8. The molecule has 1 heterocycles. The van der Waals surface area contributed by atoms with Gasteiger partial charge in [-0.05, 0) is 25.8 Å². The molecule has 1 amide bonds. The van der Waals surface area contributed by atoms with Gasteiger partial charge in [-0.25, -0.2) is 8.42 Å². The van der Waals surface area contributed by atoms with Crippen molar-refractivity contribution in [2.24, 2.45) is 0 Å². The molecule has 0 aliphatic rings. The summed E-state index contributed by atoms with van der Waals surface area (Å²) in [4.78, 5) is 11.9. The van der Waals surface area contributed by atoms with E-state index in [9.17, 15) is 13.2 Å². The Morgan fingerprint density at radius 2 is 2.15 bits per heavy atom. The van der Waals surface area contributed by atoms with Crippen LogP contribution in [-0.4, -0.2) is 39.2 Å². The Kier molecular flexibility index (Phi) is 6.51. The average molecular weight is 323 g/mol. The number of carbonyl (C=O) groups is 1. The second-order valence-corrected chi connectivity index (χ2v) is 6.81. The SMILES string of the molecule is CCn1cc(S(=O)(=O)Cl)cc1C(=O)NCCCCOC. The summed E-state index contributed by atoms with van der Waals surface area (Å²) in [7, 11) is 3.08.